The Bertz CT molecular complexity index is 648. The largest absolute Gasteiger partial charge is 1.00 e. The predicted octanol–water partition coefficient (Wildman–Crippen LogP) is 1.45. The molecule has 0 amide bonds. The molecule has 8 heteroatoms. The number of aliphatic carboxylic acids is 1. The van der Waals surface area contributed by atoms with Gasteiger partial charge < -0.3 is 11.3 Å². The van der Waals surface area contributed by atoms with Gasteiger partial charge in [0, 0.05) is 10.6 Å². The molecule has 0 aliphatic carbocycles. The number of carboxylic acid groups (broad SMARTS) is 1. The monoisotopic (exact) mass is 358 g/mol. The van der Waals surface area contributed by atoms with Crippen LogP contribution in [0.15, 0.2) is 17.7 Å². The van der Waals surface area contributed by atoms with Crippen LogP contribution in [0.3, 0.4) is 0 Å². The molecule has 2 rings (SSSR count). The summed E-state index contributed by atoms with van der Waals surface area (Å²) >= 11 is 6.10. The molecule has 1 aliphatic heterocycles. The zero-order valence-corrected chi connectivity index (χ0v) is 15.6. The van der Waals surface area contributed by atoms with Crippen LogP contribution in [-0.4, -0.2) is 23.4 Å². The normalized spacial score (nSPS) is 17.0. The number of rotatable bonds is 3. The number of alkyl halides is 3. The van der Waals surface area contributed by atoms with Crippen LogP contribution in [0.25, 0.3) is 6.08 Å². The van der Waals surface area contributed by atoms with E-state index in [1.165, 1.54) is 12.1 Å². The first kappa shape index (κ1) is 20.4. The van der Waals surface area contributed by atoms with Crippen LogP contribution >= 0.6 is 11.6 Å². The van der Waals surface area contributed by atoms with Crippen LogP contribution in [0.5, 0.6) is 5.75 Å². The molecule has 1 aromatic carbocycles. The van der Waals surface area contributed by atoms with E-state index in [-0.39, 0.29) is 48.2 Å². The van der Waals surface area contributed by atoms with Gasteiger partial charge in [-0.1, -0.05) is 25.4 Å². The van der Waals surface area contributed by atoms with Crippen molar-refractivity contribution in [3.63, 3.8) is 0 Å². The summed E-state index contributed by atoms with van der Waals surface area (Å²) < 4.78 is 43.9. The van der Waals surface area contributed by atoms with Crippen LogP contribution < -0.4 is 34.3 Å². The van der Waals surface area contributed by atoms with E-state index >= 15 is 0 Å². The Hall–Kier alpha value is -0.690. The predicted molar refractivity (Wildman–Crippen MR) is 77.2 cm³/mol. The van der Waals surface area contributed by atoms with E-state index in [1.54, 1.807) is 0 Å². The quantitative estimate of drug-likeness (QED) is 0.832. The van der Waals surface area contributed by atoms with Crippen LogP contribution in [-0.2, 0) is 11.2 Å². The molecule has 1 aromatic rings. The topological polar surface area (TPSA) is 46.5 Å². The zero-order valence-electron chi connectivity index (χ0n) is 13.9. The SMILES string of the molecule is CC(C)Cc1cc2c(cc1Cl)C=C(C(=O)O)C(C(F)(F)F)O2.[H-].[Na+]. The second kappa shape index (κ2) is 7.47. The number of hydrogen-bond donors (Lipinski definition) is 1. The second-order valence-electron chi connectivity index (χ2n) is 5.52. The number of fused-ring (bicyclic) bond motifs is 1. The molecular formula is C15H15ClF3NaO3. The molecular weight excluding hydrogens is 344 g/mol. The van der Waals surface area contributed by atoms with Gasteiger partial charge in [-0.05, 0) is 36.1 Å². The maximum absolute atomic E-state index is 13.0. The number of benzene rings is 1. The molecule has 3 nitrogen and oxygen atoms in total. The van der Waals surface area contributed by atoms with Crippen LogP contribution in [0.2, 0.25) is 5.02 Å². The average Bonchev–Trinajstić information content (AvgIpc) is 2.36. The molecule has 0 saturated heterocycles. The van der Waals surface area contributed by atoms with Crippen molar-refractivity contribution in [3.8, 4) is 5.75 Å². The van der Waals surface area contributed by atoms with Crippen molar-refractivity contribution in [2.75, 3.05) is 0 Å². The van der Waals surface area contributed by atoms with Gasteiger partial charge in [0.05, 0.1) is 5.57 Å². The summed E-state index contributed by atoms with van der Waals surface area (Å²) in [5, 5.41) is 9.34. The standard InChI is InChI=1S/C15H14ClF3O3.Na.H/c1-7(2)3-8-6-12-9(5-11(8)16)4-10(14(20)21)13(22-12)15(17,18)19;;/h4-7,13H,3H2,1-2H3,(H,20,21);;/q;+1;-1. The Balaban J connectivity index is 0.00000264. The van der Waals surface area contributed by atoms with Crippen molar-refractivity contribution in [2.24, 2.45) is 5.92 Å². The van der Waals surface area contributed by atoms with E-state index in [2.05, 4.69) is 0 Å². The minimum Gasteiger partial charge on any atom is -1.00 e. The Labute approximate surface area is 160 Å². The van der Waals surface area contributed by atoms with Crippen molar-refractivity contribution >= 4 is 23.6 Å². The van der Waals surface area contributed by atoms with Crippen LogP contribution in [0.1, 0.15) is 26.4 Å². The van der Waals surface area contributed by atoms with E-state index in [1.807, 2.05) is 13.8 Å². The molecule has 122 valence electrons. The fourth-order valence-electron chi connectivity index (χ4n) is 2.27. The minimum absolute atomic E-state index is 0. The third kappa shape index (κ3) is 4.66. The number of carboxylic acids is 1. The first-order chi connectivity index (χ1) is 10.1. The Morgan fingerprint density at radius 1 is 1.43 bits per heavy atom. The van der Waals surface area contributed by atoms with E-state index in [4.69, 9.17) is 21.4 Å². The van der Waals surface area contributed by atoms with Crippen molar-refractivity contribution in [1.82, 2.24) is 0 Å². The molecule has 0 fully saturated rings. The fraction of sp³-hybridized carbons (Fsp3) is 0.400. The van der Waals surface area contributed by atoms with Gasteiger partial charge in [-0.2, -0.15) is 13.2 Å². The van der Waals surface area contributed by atoms with Crippen molar-refractivity contribution < 1.29 is 58.8 Å². The Morgan fingerprint density at radius 3 is 2.52 bits per heavy atom. The third-order valence-electron chi connectivity index (χ3n) is 3.19. The van der Waals surface area contributed by atoms with Gasteiger partial charge in [-0.15, -0.1) is 0 Å². The van der Waals surface area contributed by atoms with E-state index in [0.717, 1.165) is 6.08 Å². The minimum atomic E-state index is -4.81. The average molecular weight is 359 g/mol. The molecule has 1 aliphatic rings. The van der Waals surface area contributed by atoms with Gasteiger partial charge >= 0.3 is 41.7 Å². The fourth-order valence-corrected chi connectivity index (χ4v) is 2.52. The number of halogens is 4. The first-order valence-electron chi connectivity index (χ1n) is 6.60. The van der Waals surface area contributed by atoms with Gasteiger partial charge in [0.15, 0.2) is 0 Å². The summed E-state index contributed by atoms with van der Waals surface area (Å²) in [6.45, 7) is 3.91. The van der Waals surface area contributed by atoms with Gasteiger partial charge in [0.2, 0.25) is 6.10 Å². The van der Waals surface area contributed by atoms with E-state index < -0.39 is 23.8 Å². The first-order valence-corrected chi connectivity index (χ1v) is 6.98. The van der Waals surface area contributed by atoms with Crippen molar-refractivity contribution in [1.29, 1.82) is 0 Å². The van der Waals surface area contributed by atoms with Gasteiger partial charge in [0.25, 0.3) is 0 Å². The Kier molecular flexibility index (Phi) is 6.61. The van der Waals surface area contributed by atoms with Crippen LogP contribution in [0.4, 0.5) is 13.2 Å². The maximum Gasteiger partial charge on any atom is 1.00 e. The molecule has 0 bridgehead atoms. The summed E-state index contributed by atoms with van der Waals surface area (Å²) in [6, 6.07) is 2.88. The van der Waals surface area contributed by atoms with Crippen molar-refractivity contribution in [2.45, 2.75) is 32.5 Å². The zero-order chi connectivity index (χ0) is 16.7. The van der Waals surface area contributed by atoms with Gasteiger partial charge in [-0.25, -0.2) is 4.79 Å². The molecule has 0 aromatic heterocycles. The maximum atomic E-state index is 13.0. The number of ether oxygens (including phenoxy) is 1. The van der Waals surface area contributed by atoms with E-state index in [0.29, 0.717) is 17.0 Å². The molecule has 0 radical (unpaired) electrons. The van der Waals surface area contributed by atoms with Gasteiger partial charge in [0.1, 0.15) is 5.75 Å². The number of carbonyl (C=O) groups is 1. The van der Waals surface area contributed by atoms with E-state index in [9.17, 15) is 18.0 Å². The smallest absolute Gasteiger partial charge is 1.00 e. The molecule has 0 saturated carbocycles. The summed E-state index contributed by atoms with van der Waals surface area (Å²) in [4.78, 5) is 11.0. The third-order valence-corrected chi connectivity index (χ3v) is 3.54. The summed E-state index contributed by atoms with van der Waals surface area (Å²) in [5.41, 5.74) is 0.0478. The molecule has 1 heterocycles. The van der Waals surface area contributed by atoms with Crippen LogP contribution in [0, 0.1) is 5.92 Å². The second-order valence-corrected chi connectivity index (χ2v) is 5.93. The molecule has 0 spiro atoms. The summed E-state index contributed by atoms with van der Waals surface area (Å²) in [7, 11) is 0. The van der Waals surface area contributed by atoms with Gasteiger partial charge in [-0.3, -0.25) is 0 Å². The molecule has 1 unspecified atom stereocenters. The molecule has 1 N–H and O–H groups in total. The summed E-state index contributed by atoms with van der Waals surface area (Å²) in [6.07, 6.45) is -5.74. The molecule has 1 atom stereocenters. The van der Waals surface area contributed by atoms with Crippen molar-refractivity contribution in [3.05, 3.63) is 33.9 Å². The summed E-state index contributed by atoms with van der Waals surface area (Å²) in [5.74, 6) is -1.41. The Morgan fingerprint density at radius 2 is 2.04 bits per heavy atom. The number of hydrogen-bond acceptors (Lipinski definition) is 2. The molecule has 23 heavy (non-hydrogen) atoms.